The molecule has 4 aromatic rings. The summed E-state index contributed by atoms with van der Waals surface area (Å²) in [5.41, 5.74) is 10.5. The number of anilines is 1. The van der Waals surface area contributed by atoms with Crippen LogP contribution in [-0.4, -0.2) is 34.7 Å². The molecule has 3 N–H and O–H groups in total. The molecular weight excluding hydrogens is 380 g/mol. The molecule has 27 heavy (non-hydrogen) atoms. The average Bonchev–Trinajstić information content (AvgIpc) is 3.39. The number of fused-ring (bicyclic) bond motifs is 1. The second-order valence-corrected chi connectivity index (χ2v) is 9.07. The maximum absolute atomic E-state index is 12.8. The van der Waals surface area contributed by atoms with Gasteiger partial charge in [0.2, 0.25) is 0 Å². The van der Waals surface area contributed by atoms with E-state index in [0.29, 0.717) is 15.6 Å². The Morgan fingerprint density at radius 2 is 2.26 bits per heavy atom. The van der Waals surface area contributed by atoms with Crippen LogP contribution in [0.15, 0.2) is 35.1 Å². The van der Waals surface area contributed by atoms with E-state index in [-0.39, 0.29) is 0 Å². The van der Waals surface area contributed by atoms with Crippen molar-refractivity contribution in [3.05, 3.63) is 30.9 Å². The minimum atomic E-state index is -1.12. The number of rotatable bonds is 6. The molecule has 4 rings (SSSR count). The fourth-order valence-corrected chi connectivity index (χ4v) is 5.79. The normalized spacial score (nSPS) is 12.7. The number of aromatic amines is 1. The second kappa shape index (κ2) is 7.24. The highest BCUT2D eigenvalue weighted by atomic mass is 32.2. The lowest BCUT2D eigenvalue weighted by molar-refractivity contribution is 0.681. The first-order valence-electron chi connectivity index (χ1n) is 8.68. The number of H-pyrrole nitrogens is 1. The largest absolute Gasteiger partial charge is 0.396 e. The number of aromatic nitrogens is 5. The van der Waals surface area contributed by atoms with Crippen molar-refractivity contribution < 1.29 is 4.21 Å². The zero-order chi connectivity index (χ0) is 19.0. The van der Waals surface area contributed by atoms with E-state index in [9.17, 15) is 4.21 Å². The molecular formula is C18H20N6OS2. The number of hydrogen-bond donors (Lipinski definition) is 2. The number of nitrogens with one attached hydrogen (secondary N) is 1. The van der Waals surface area contributed by atoms with Crippen molar-refractivity contribution in [1.82, 2.24) is 24.7 Å². The van der Waals surface area contributed by atoms with Crippen LogP contribution in [0.3, 0.4) is 0 Å². The maximum Gasteiger partial charge on any atom is 0.128 e. The second-order valence-electron chi connectivity index (χ2n) is 6.30. The summed E-state index contributed by atoms with van der Waals surface area (Å²) in [5.74, 6) is 0.613. The Morgan fingerprint density at radius 3 is 2.93 bits per heavy atom. The lowest BCUT2D eigenvalue weighted by Gasteiger charge is -2.08. The first-order valence-corrected chi connectivity index (χ1v) is 10.8. The van der Waals surface area contributed by atoms with Crippen LogP contribution >= 0.6 is 11.3 Å². The van der Waals surface area contributed by atoms with Gasteiger partial charge in [-0.2, -0.15) is 5.10 Å². The first-order chi connectivity index (χ1) is 13.1. The summed E-state index contributed by atoms with van der Waals surface area (Å²) in [6, 6.07) is 3.85. The van der Waals surface area contributed by atoms with Gasteiger partial charge in [0.15, 0.2) is 0 Å². The molecule has 0 spiro atoms. The van der Waals surface area contributed by atoms with Crippen molar-refractivity contribution in [2.45, 2.75) is 24.0 Å². The summed E-state index contributed by atoms with van der Waals surface area (Å²) in [5, 5.41) is 7.82. The van der Waals surface area contributed by atoms with Gasteiger partial charge in [0.25, 0.3) is 0 Å². The quantitative estimate of drug-likeness (QED) is 0.515. The van der Waals surface area contributed by atoms with Crippen LogP contribution in [0.1, 0.15) is 19.8 Å². The SMILES string of the molecule is CCCCS(=O)c1sc2nc(-c3ccn[nH]3)cc(-c3cncn3C)c2c1N. The van der Waals surface area contributed by atoms with Gasteiger partial charge in [0.1, 0.15) is 9.04 Å². The van der Waals surface area contributed by atoms with Crippen LogP contribution in [0.5, 0.6) is 0 Å². The van der Waals surface area contributed by atoms with E-state index in [4.69, 9.17) is 10.7 Å². The fraction of sp³-hybridized carbons (Fsp3) is 0.278. The minimum absolute atomic E-state index is 0.560. The Bertz CT molecular complexity index is 1110. The van der Waals surface area contributed by atoms with Crippen molar-refractivity contribution in [2.75, 3.05) is 11.5 Å². The highest BCUT2D eigenvalue weighted by molar-refractivity contribution is 7.87. The van der Waals surface area contributed by atoms with Gasteiger partial charge >= 0.3 is 0 Å². The Hall–Kier alpha value is -2.52. The van der Waals surface area contributed by atoms with Crippen LogP contribution in [0, 0.1) is 0 Å². The topological polar surface area (TPSA) is 102 Å². The van der Waals surface area contributed by atoms with E-state index in [1.807, 2.05) is 23.7 Å². The summed E-state index contributed by atoms with van der Waals surface area (Å²) in [6.45, 7) is 2.09. The molecule has 0 radical (unpaired) electrons. The van der Waals surface area contributed by atoms with Gasteiger partial charge in [0, 0.05) is 29.9 Å². The van der Waals surface area contributed by atoms with Crippen molar-refractivity contribution >= 4 is 38.0 Å². The number of nitrogen functional groups attached to an aromatic ring is 1. The Labute approximate surface area is 163 Å². The third kappa shape index (κ3) is 3.17. The maximum atomic E-state index is 12.8. The molecule has 4 heterocycles. The number of imidazole rings is 1. The summed E-state index contributed by atoms with van der Waals surface area (Å²) in [7, 11) is 0.818. The van der Waals surface area contributed by atoms with Crippen LogP contribution in [0.4, 0.5) is 5.69 Å². The summed E-state index contributed by atoms with van der Waals surface area (Å²) >= 11 is 1.41. The van der Waals surface area contributed by atoms with Crippen molar-refractivity contribution in [3.63, 3.8) is 0 Å². The van der Waals surface area contributed by atoms with E-state index in [0.717, 1.165) is 45.7 Å². The molecule has 0 saturated heterocycles. The molecule has 1 unspecified atom stereocenters. The van der Waals surface area contributed by atoms with E-state index in [1.54, 1.807) is 18.7 Å². The monoisotopic (exact) mass is 400 g/mol. The fourth-order valence-electron chi connectivity index (χ4n) is 2.99. The zero-order valence-corrected chi connectivity index (χ0v) is 16.7. The van der Waals surface area contributed by atoms with Crippen LogP contribution in [-0.2, 0) is 17.8 Å². The highest BCUT2D eigenvalue weighted by Gasteiger charge is 2.22. The van der Waals surface area contributed by atoms with Crippen molar-refractivity contribution in [1.29, 1.82) is 0 Å². The van der Waals surface area contributed by atoms with E-state index >= 15 is 0 Å². The van der Waals surface area contributed by atoms with Gasteiger partial charge in [-0.25, -0.2) is 9.97 Å². The predicted octanol–water partition coefficient (Wildman–Crippen LogP) is 3.58. The predicted molar refractivity (Wildman–Crippen MR) is 110 cm³/mol. The van der Waals surface area contributed by atoms with Gasteiger partial charge < -0.3 is 10.3 Å². The molecule has 0 fully saturated rings. The molecule has 0 saturated carbocycles. The number of pyridine rings is 1. The Morgan fingerprint density at radius 1 is 1.41 bits per heavy atom. The lowest BCUT2D eigenvalue weighted by Crippen LogP contribution is -1.99. The third-order valence-corrected chi connectivity index (χ3v) is 7.42. The number of aryl methyl sites for hydroxylation is 1. The lowest BCUT2D eigenvalue weighted by atomic mass is 10.1. The van der Waals surface area contributed by atoms with E-state index < -0.39 is 10.8 Å². The first kappa shape index (κ1) is 17.9. The molecule has 4 aromatic heterocycles. The molecule has 0 bridgehead atoms. The van der Waals surface area contributed by atoms with Crippen LogP contribution in [0.2, 0.25) is 0 Å². The Balaban J connectivity index is 1.96. The molecule has 7 nitrogen and oxygen atoms in total. The minimum Gasteiger partial charge on any atom is -0.396 e. The number of nitrogens with zero attached hydrogens (tertiary/aromatic N) is 4. The number of unbranched alkanes of at least 4 members (excludes halogenated alkanes) is 1. The van der Waals surface area contributed by atoms with Gasteiger partial charge in [-0.05, 0) is 18.6 Å². The standard InChI is InChI=1S/C18H20N6OS2/c1-3-4-7-27(25)18-16(19)15-11(14-9-20-10-24(14)2)8-13(22-17(15)26-18)12-5-6-21-23-12/h5-6,8-10H,3-4,7,19H2,1-2H3,(H,21,23). The number of nitrogens with two attached hydrogens (primary N) is 1. The van der Waals surface area contributed by atoms with E-state index in [1.165, 1.54) is 11.3 Å². The molecule has 9 heteroatoms. The average molecular weight is 401 g/mol. The third-order valence-electron chi connectivity index (χ3n) is 4.42. The number of thiophene rings is 1. The van der Waals surface area contributed by atoms with Gasteiger partial charge in [0.05, 0.1) is 46.1 Å². The number of hydrogen-bond acceptors (Lipinski definition) is 6. The van der Waals surface area contributed by atoms with E-state index in [2.05, 4.69) is 22.1 Å². The molecule has 0 aliphatic rings. The molecule has 0 aromatic carbocycles. The zero-order valence-electron chi connectivity index (χ0n) is 15.1. The smallest absolute Gasteiger partial charge is 0.128 e. The van der Waals surface area contributed by atoms with Crippen molar-refractivity contribution in [2.24, 2.45) is 7.05 Å². The highest BCUT2D eigenvalue weighted by Crippen LogP contribution is 2.42. The van der Waals surface area contributed by atoms with Gasteiger partial charge in [-0.15, -0.1) is 11.3 Å². The summed E-state index contributed by atoms with van der Waals surface area (Å²) in [4.78, 5) is 9.77. The molecule has 140 valence electrons. The van der Waals surface area contributed by atoms with Gasteiger partial charge in [-0.3, -0.25) is 9.31 Å². The molecule has 0 aliphatic carbocycles. The Kier molecular flexibility index (Phi) is 4.79. The van der Waals surface area contributed by atoms with Gasteiger partial charge in [-0.1, -0.05) is 13.3 Å². The summed E-state index contributed by atoms with van der Waals surface area (Å²) in [6.07, 6.45) is 7.15. The molecule has 1 atom stereocenters. The summed E-state index contributed by atoms with van der Waals surface area (Å²) < 4.78 is 15.4. The van der Waals surface area contributed by atoms with Crippen LogP contribution in [0.25, 0.3) is 32.9 Å². The van der Waals surface area contributed by atoms with Crippen molar-refractivity contribution in [3.8, 4) is 22.6 Å². The van der Waals surface area contributed by atoms with Crippen LogP contribution < -0.4 is 5.73 Å². The molecule has 0 aliphatic heterocycles. The molecule has 0 amide bonds.